The van der Waals surface area contributed by atoms with Crippen LogP contribution in [-0.4, -0.2) is 10.9 Å². The lowest BCUT2D eigenvalue weighted by Gasteiger charge is -2.04. The molecule has 1 aromatic heterocycles. The van der Waals surface area contributed by atoms with Gasteiger partial charge < -0.3 is 9.52 Å². The Hall–Kier alpha value is -1.59. The molecule has 1 N–H and O–H groups in total. The molecule has 0 aliphatic carbocycles. The van der Waals surface area contributed by atoms with E-state index >= 15 is 0 Å². The van der Waals surface area contributed by atoms with Gasteiger partial charge in [0.2, 0.25) is 0 Å². The zero-order valence-electron chi connectivity index (χ0n) is 10.1. The van der Waals surface area contributed by atoms with E-state index in [0.29, 0.717) is 25.7 Å². The van der Waals surface area contributed by atoms with Crippen molar-refractivity contribution in [3.63, 3.8) is 0 Å². The van der Waals surface area contributed by atoms with Gasteiger partial charge in [0.15, 0.2) is 5.78 Å². The standard InChI is InChI=1S/C15H8Br2O3/c16-11-5-8(6-12(17)15(11)19)14(18)10-7-20-13-4-2-1-3-9(10)13/h1-7,19H. The van der Waals surface area contributed by atoms with Gasteiger partial charge in [-0.25, -0.2) is 0 Å². The second kappa shape index (κ2) is 5.07. The monoisotopic (exact) mass is 394 g/mol. The van der Waals surface area contributed by atoms with Crippen LogP contribution in [0.3, 0.4) is 0 Å². The van der Waals surface area contributed by atoms with Gasteiger partial charge in [0.25, 0.3) is 0 Å². The molecule has 0 aliphatic heterocycles. The van der Waals surface area contributed by atoms with Crippen LogP contribution in [0.5, 0.6) is 5.75 Å². The fourth-order valence-electron chi connectivity index (χ4n) is 2.01. The molecule has 100 valence electrons. The third-order valence-electron chi connectivity index (χ3n) is 3.00. The van der Waals surface area contributed by atoms with Crippen LogP contribution >= 0.6 is 31.9 Å². The maximum absolute atomic E-state index is 12.6. The highest BCUT2D eigenvalue weighted by Gasteiger charge is 2.17. The summed E-state index contributed by atoms with van der Waals surface area (Å²) in [4.78, 5) is 12.6. The number of fused-ring (bicyclic) bond motifs is 1. The maximum Gasteiger partial charge on any atom is 0.196 e. The summed E-state index contributed by atoms with van der Waals surface area (Å²) in [6.45, 7) is 0. The van der Waals surface area contributed by atoms with Gasteiger partial charge in [-0.15, -0.1) is 0 Å². The van der Waals surface area contributed by atoms with E-state index in [0.717, 1.165) is 5.39 Å². The van der Waals surface area contributed by atoms with Gasteiger partial charge >= 0.3 is 0 Å². The zero-order chi connectivity index (χ0) is 14.3. The van der Waals surface area contributed by atoms with Crippen molar-refractivity contribution in [1.29, 1.82) is 0 Å². The van der Waals surface area contributed by atoms with Crippen LogP contribution in [0, 0.1) is 0 Å². The quantitative estimate of drug-likeness (QED) is 0.628. The number of carbonyl (C=O) groups is 1. The fraction of sp³-hybridized carbons (Fsp3) is 0. The van der Waals surface area contributed by atoms with Crippen molar-refractivity contribution in [3.05, 3.63) is 62.7 Å². The average Bonchev–Trinajstić information content (AvgIpc) is 2.87. The van der Waals surface area contributed by atoms with E-state index in [2.05, 4.69) is 31.9 Å². The minimum atomic E-state index is -0.156. The summed E-state index contributed by atoms with van der Waals surface area (Å²) >= 11 is 6.45. The first-order valence-electron chi connectivity index (χ1n) is 5.77. The summed E-state index contributed by atoms with van der Waals surface area (Å²) in [6.07, 6.45) is 1.46. The molecule has 0 bridgehead atoms. The van der Waals surface area contributed by atoms with Crippen LogP contribution in [0.4, 0.5) is 0 Å². The second-order valence-electron chi connectivity index (χ2n) is 4.26. The number of para-hydroxylation sites is 1. The average molecular weight is 396 g/mol. The molecule has 20 heavy (non-hydrogen) atoms. The van der Waals surface area contributed by atoms with Crippen LogP contribution in [-0.2, 0) is 0 Å². The second-order valence-corrected chi connectivity index (χ2v) is 5.97. The predicted molar refractivity (Wildman–Crippen MR) is 83.2 cm³/mol. The number of furan rings is 1. The van der Waals surface area contributed by atoms with Crippen LogP contribution in [0.15, 0.2) is 56.0 Å². The minimum absolute atomic E-state index is 0.0681. The molecular weight excluding hydrogens is 388 g/mol. The smallest absolute Gasteiger partial charge is 0.196 e. The van der Waals surface area contributed by atoms with Crippen molar-refractivity contribution < 1.29 is 14.3 Å². The van der Waals surface area contributed by atoms with Crippen molar-refractivity contribution in [1.82, 2.24) is 0 Å². The summed E-state index contributed by atoms with van der Waals surface area (Å²) in [5.74, 6) is -0.0880. The highest BCUT2D eigenvalue weighted by molar-refractivity contribution is 9.11. The van der Waals surface area contributed by atoms with Crippen LogP contribution < -0.4 is 0 Å². The van der Waals surface area contributed by atoms with Gasteiger partial charge in [0.1, 0.15) is 17.6 Å². The number of ketones is 1. The summed E-state index contributed by atoms with van der Waals surface area (Å²) in [5, 5.41) is 10.5. The number of hydrogen-bond acceptors (Lipinski definition) is 3. The number of aromatic hydroxyl groups is 1. The van der Waals surface area contributed by atoms with Crippen molar-refractivity contribution >= 4 is 48.6 Å². The molecule has 3 aromatic rings. The van der Waals surface area contributed by atoms with E-state index < -0.39 is 0 Å². The summed E-state index contributed by atoms with van der Waals surface area (Å²) in [5.41, 5.74) is 1.64. The van der Waals surface area contributed by atoms with Crippen molar-refractivity contribution in [2.45, 2.75) is 0 Å². The number of rotatable bonds is 2. The molecule has 0 amide bonds. The topological polar surface area (TPSA) is 50.4 Å². The van der Waals surface area contributed by atoms with E-state index in [1.165, 1.54) is 6.26 Å². The Balaban J connectivity index is 2.13. The fourth-order valence-corrected chi connectivity index (χ4v) is 3.19. The molecule has 0 saturated heterocycles. The number of halogens is 2. The normalized spacial score (nSPS) is 10.9. The molecular formula is C15H8Br2O3. The first-order chi connectivity index (χ1) is 9.58. The zero-order valence-corrected chi connectivity index (χ0v) is 13.2. The van der Waals surface area contributed by atoms with Crippen molar-refractivity contribution in [2.24, 2.45) is 0 Å². The number of carbonyl (C=O) groups excluding carboxylic acids is 1. The van der Waals surface area contributed by atoms with E-state index in [1.54, 1.807) is 12.1 Å². The Morgan fingerprint density at radius 3 is 2.45 bits per heavy atom. The minimum Gasteiger partial charge on any atom is -0.506 e. The summed E-state index contributed by atoms with van der Waals surface area (Å²) in [6, 6.07) is 10.5. The van der Waals surface area contributed by atoms with Crippen LogP contribution in [0.25, 0.3) is 11.0 Å². The molecule has 0 spiro atoms. The van der Waals surface area contributed by atoms with Gasteiger partial charge in [-0.05, 0) is 50.1 Å². The van der Waals surface area contributed by atoms with Gasteiger partial charge in [0, 0.05) is 10.9 Å². The first kappa shape index (κ1) is 13.4. The van der Waals surface area contributed by atoms with E-state index in [-0.39, 0.29) is 11.5 Å². The van der Waals surface area contributed by atoms with Gasteiger partial charge in [-0.2, -0.15) is 0 Å². The third-order valence-corrected chi connectivity index (χ3v) is 4.21. The predicted octanol–water partition coefficient (Wildman–Crippen LogP) is 4.89. The summed E-state index contributed by atoms with van der Waals surface area (Å²) < 4.78 is 6.30. The molecule has 3 nitrogen and oxygen atoms in total. The lowest BCUT2D eigenvalue weighted by atomic mass is 10.0. The molecule has 1 heterocycles. The molecule has 0 radical (unpaired) electrons. The third kappa shape index (κ3) is 2.17. The van der Waals surface area contributed by atoms with Gasteiger partial charge in [0.05, 0.1) is 14.5 Å². The largest absolute Gasteiger partial charge is 0.506 e. The Morgan fingerprint density at radius 2 is 1.75 bits per heavy atom. The number of phenols is 1. The Morgan fingerprint density at radius 1 is 1.10 bits per heavy atom. The molecule has 2 aromatic carbocycles. The molecule has 0 aliphatic rings. The lowest BCUT2D eigenvalue weighted by molar-refractivity contribution is 0.103. The van der Waals surface area contributed by atoms with Crippen LogP contribution in [0.1, 0.15) is 15.9 Å². The number of hydrogen-bond donors (Lipinski definition) is 1. The summed E-state index contributed by atoms with van der Waals surface area (Å²) in [7, 11) is 0. The highest BCUT2D eigenvalue weighted by atomic mass is 79.9. The maximum atomic E-state index is 12.6. The van der Waals surface area contributed by atoms with E-state index in [9.17, 15) is 9.90 Å². The van der Waals surface area contributed by atoms with E-state index in [1.807, 2.05) is 24.3 Å². The van der Waals surface area contributed by atoms with Gasteiger partial charge in [-0.3, -0.25) is 4.79 Å². The van der Waals surface area contributed by atoms with Crippen molar-refractivity contribution in [3.8, 4) is 5.75 Å². The SMILES string of the molecule is O=C(c1cc(Br)c(O)c(Br)c1)c1coc2ccccc12. The Labute approximate surface area is 131 Å². The van der Waals surface area contributed by atoms with Crippen molar-refractivity contribution in [2.75, 3.05) is 0 Å². The molecule has 0 atom stereocenters. The molecule has 0 saturated carbocycles. The number of benzene rings is 2. The number of phenolic OH excluding ortho intramolecular Hbond substituents is 1. The molecule has 0 fully saturated rings. The molecule has 5 heteroatoms. The Kier molecular flexibility index (Phi) is 3.40. The van der Waals surface area contributed by atoms with Crippen LogP contribution in [0.2, 0.25) is 0 Å². The molecule has 3 rings (SSSR count). The lowest BCUT2D eigenvalue weighted by Crippen LogP contribution is -2.00. The van der Waals surface area contributed by atoms with E-state index in [4.69, 9.17) is 4.42 Å². The first-order valence-corrected chi connectivity index (χ1v) is 7.35. The molecule has 0 unspecified atom stereocenters. The highest BCUT2D eigenvalue weighted by Crippen LogP contribution is 2.34. The van der Waals surface area contributed by atoms with Gasteiger partial charge in [-0.1, -0.05) is 18.2 Å². The Bertz CT molecular complexity index is 798.